The van der Waals surface area contributed by atoms with Crippen molar-refractivity contribution in [2.75, 3.05) is 26.2 Å². The van der Waals surface area contributed by atoms with Crippen molar-refractivity contribution in [3.05, 3.63) is 54.0 Å². The maximum atomic E-state index is 14.9. The number of fused-ring (bicyclic) bond motifs is 1. The number of aryl methyl sites for hydroxylation is 1. The van der Waals surface area contributed by atoms with Crippen molar-refractivity contribution in [2.45, 2.75) is 18.4 Å². The number of aromatic nitrogens is 2. The minimum Gasteiger partial charge on any atom is -0.338 e. The van der Waals surface area contributed by atoms with Crippen LogP contribution in [0, 0.1) is 5.82 Å². The van der Waals surface area contributed by atoms with Crippen molar-refractivity contribution in [3.8, 4) is 11.1 Å². The van der Waals surface area contributed by atoms with Gasteiger partial charge in [0, 0.05) is 38.6 Å². The molecule has 5 rings (SSSR count). The predicted molar refractivity (Wildman–Crippen MR) is 115 cm³/mol. The molecule has 2 aliphatic rings. The molecule has 1 aliphatic heterocycles. The van der Waals surface area contributed by atoms with Gasteiger partial charge in [-0.05, 0) is 42.2 Å². The minimum absolute atomic E-state index is 0.0412. The zero-order valence-electron chi connectivity index (χ0n) is 17.3. The van der Waals surface area contributed by atoms with E-state index in [0.29, 0.717) is 31.7 Å². The van der Waals surface area contributed by atoms with E-state index in [1.807, 2.05) is 25.2 Å². The van der Waals surface area contributed by atoms with Gasteiger partial charge in [-0.25, -0.2) is 4.39 Å². The summed E-state index contributed by atoms with van der Waals surface area (Å²) in [6.45, 7) is 1.60. The number of nitrogens with two attached hydrogens (primary N) is 1. The molecule has 2 N–H and O–H groups in total. The predicted octanol–water partition coefficient (Wildman–Crippen LogP) is 2.16. The van der Waals surface area contributed by atoms with Gasteiger partial charge in [-0.1, -0.05) is 18.2 Å². The summed E-state index contributed by atoms with van der Waals surface area (Å²) in [6.07, 6.45) is 3.22. The summed E-state index contributed by atoms with van der Waals surface area (Å²) in [6, 6.07) is 10.5. The van der Waals surface area contributed by atoms with E-state index in [1.54, 1.807) is 26.7 Å². The van der Waals surface area contributed by atoms with Crippen LogP contribution in [-0.4, -0.2) is 63.1 Å². The van der Waals surface area contributed by atoms with Gasteiger partial charge in [0.2, 0.25) is 5.91 Å². The molecule has 2 heterocycles. The lowest BCUT2D eigenvalue weighted by atomic mass is 10.0. The number of piperazine rings is 1. The van der Waals surface area contributed by atoms with Gasteiger partial charge in [-0.15, -0.1) is 0 Å². The lowest BCUT2D eigenvalue weighted by Crippen LogP contribution is -2.55. The van der Waals surface area contributed by atoms with Gasteiger partial charge in [-0.3, -0.25) is 14.3 Å². The molecule has 2 aromatic carbocycles. The highest BCUT2D eigenvalue weighted by Crippen LogP contribution is 2.34. The smallest absolute Gasteiger partial charge is 0.256 e. The first-order valence-corrected chi connectivity index (χ1v) is 10.4. The van der Waals surface area contributed by atoms with Crippen LogP contribution in [0.3, 0.4) is 0 Å². The van der Waals surface area contributed by atoms with Crippen molar-refractivity contribution in [1.82, 2.24) is 19.6 Å². The number of hydrogen-bond donors (Lipinski definition) is 1. The first-order valence-electron chi connectivity index (χ1n) is 10.4. The van der Waals surface area contributed by atoms with Crippen molar-refractivity contribution < 1.29 is 14.0 Å². The fourth-order valence-corrected chi connectivity index (χ4v) is 4.14. The number of carbonyl (C=O) groups is 2. The summed E-state index contributed by atoms with van der Waals surface area (Å²) in [5, 5.41) is 5.24. The molecule has 1 saturated heterocycles. The Morgan fingerprint density at radius 3 is 2.32 bits per heavy atom. The van der Waals surface area contributed by atoms with Gasteiger partial charge in [-0.2, -0.15) is 5.10 Å². The Balaban J connectivity index is 1.31. The molecule has 0 bridgehead atoms. The zero-order valence-corrected chi connectivity index (χ0v) is 17.3. The number of benzene rings is 2. The molecule has 0 unspecified atom stereocenters. The second-order valence-electron chi connectivity index (χ2n) is 8.48. The first kappa shape index (κ1) is 19.7. The van der Waals surface area contributed by atoms with Crippen LogP contribution in [0.4, 0.5) is 4.39 Å². The second kappa shape index (κ2) is 7.16. The van der Waals surface area contributed by atoms with Crippen molar-refractivity contribution in [2.24, 2.45) is 12.8 Å². The Morgan fingerprint density at radius 1 is 1.00 bits per heavy atom. The molecule has 2 fully saturated rings. The van der Waals surface area contributed by atoms with Crippen LogP contribution in [0.1, 0.15) is 23.2 Å². The number of halogens is 1. The van der Waals surface area contributed by atoms with E-state index >= 15 is 0 Å². The Morgan fingerprint density at radius 2 is 1.65 bits per heavy atom. The molecular formula is C23H24FN5O2. The number of amides is 2. The zero-order chi connectivity index (χ0) is 21.8. The number of carbonyl (C=O) groups excluding carboxylic acids is 2. The molecule has 1 aliphatic carbocycles. The largest absolute Gasteiger partial charge is 0.338 e. The van der Waals surface area contributed by atoms with Crippen molar-refractivity contribution in [3.63, 3.8) is 0 Å². The average Bonchev–Trinajstić information content (AvgIpc) is 3.44. The molecular weight excluding hydrogens is 397 g/mol. The highest BCUT2D eigenvalue weighted by atomic mass is 19.1. The van der Waals surface area contributed by atoms with Gasteiger partial charge >= 0.3 is 0 Å². The Labute approximate surface area is 179 Å². The molecule has 31 heavy (non-hydrogen) atoms. The van der Waals surface area contributed by atoms with Crippen LogP contribution in [0.5, 0.6) is 0 Å². The molecule has 160 valence electrons. The quantitative estimate of drug-likeness (QED) is 0.702. The van der Waals surface area contributed by atoms with Crippen LogP contribution in [0.25, 0.3) is 22.0 Å². The van der Waals surface area contributed by atoms with E-state index in [4.69, 9.17) is 5.73 Å². The van der Waals surface area contributed by atoms with E-state index in [-0.39, 0.29) is 17.4 Å². The standard InChI is InChI=1S/C23H24FN5O2/c1-27-20-13-16(2-3-17(20)14-26-27)15-4-5-18(19(24)12-15)21(30)28-8-10-29(11-9-28)22(31)23(25)6-7-23/h2-5,12-14H,6-11,25H2,1H3. The van der Waals surface area contributed by atoms with Crippen molar-refractivity contribution >= 4 is 22.7 Å². The summed E-state index contributed by atoms with van der Waals surface area (Å²) in [5.74, 6) is -0.947. The summed E-state index contributed by atoms with van der Waals surface area (Å²) < 4.78 is 16.7. The lowest BCUT2D eigenvalue weighted by Gasteiger charge is -2.36. The normalized spacial score (nSPS) is 17.8. The molecule has 0 atom stereocenters. The van der Waals surface area contributed by atoms with Gasteiger partial charge in [0.05, 0.1) is 22.8 Å². The summed E-state index contributed by atoms with van der Waals surface area (Å²) in [7, 11) is 1.86. The van der Waals surface area contributed by atoms with E-state index in [0.717, 1.165) is 29.3 Å². The van der Waals surface area contributed by atoms with E-state index in [2.05, 4.69) is 5.10 Å². The summed E-state index contributed by atoms with van der Waals surface area (Å²) >= 11 is 0. The molecule has 2 amide bonds. The van der Waals surface area contributed by atoms with Crippen LogP contribution in [-0.2, 0) is 11.8 Å². The Kier molecular flexibility index (Phi) is 4.55. The van der Waals surface area contributed by atoms with E-state index in [1.165, 1.54) is 12.1 Å². The topological polar surface area (TPSA) is 84.5 Å². The summed E-state index contributed by atoms with van der Waals surface area (Å²) in [5.41, 5.74) is 7.85. The van der Waals surface area contributed by atoms with E-state index in [9.17, 15) is 14.0 Å². The number of hydrogen-bond acceptors (Lipinski definition) is 4. The second-order valence-corrected chi connectivity index (χ2v) is 8.48. The Bertz CT molecular complexity index is 1190. The van der Waals surface area contributed by atoms with Crippen LogP contribution < -0.4 is 5.73 Å². The third kappa shape index (κ3) is 3.46. The number of nitrogens with zero attached hydrogens (tertiary/aromatic N) is 4. The van der Waals surface area contributed by atoms with Crippen molar-refractivity contribution in [1.29, 1.82) is 0 Å². The molecule has 0 radical (unpaired) electrons. The fourth-order valence-electron chi connectivity index (χ4n) is 4.14. The number of rotatable bonds is 3. The third-order valence-electron chi connectivity index (χ3n) is 6.35. The highest BCUT2D eigenvalue weighted by Gasteiger charge is 2.48. The van der Waals surface area contributed by atoms with Gasteiger partial charge < -0.3 is 15.5 Å². The Hall–Kier alpha value is -3.26. The molecule has 7 nitrogen and oxygen atoms in total. The molecule has 3 aromatic rings. The molecule has 0 spiro atoms. The maximum Gasteiger partial charge on any atom is 0.256 e. The highest BCUT2D eigenvalue weighted by molar-refractivity contribution is 5.96. The maximum absolute atomic E-state index is 14.9. The fraction of sp³-hybridized carbons (Fsp3) is 0.348. The van der Waals surface area contributed by atoms with Crippen LogP contribution >= 0.6 is 0 Å². The van der Waals surface area contributed by atoms with E-state index < -0.39 is 11.4 Å². The lowest BCUT2D eigenvalue weighted by molar-refractivity contribution is -0.135. The van der Waals surface area contributed by atoms with Gasteiger partial charge in [0.15, 0.2) is 0 Å². The first-order chi connectivity index (χ1) is 14.9. The summed E-state index contributed by atoms with van der Waals surface area (Å²) in [4.78, 5) is 28.6. The van der Waals surface area contributed by atoms with Crippen LogP contribution in [0.2, 0.25) is 0 Å². The third-order valence-corrected chi connectivity index (χ3v) is 6.35. The molecule has 1 aromatic heterocycles. The SMILES string of the molecule is Cn1ncc2ccc(-c3ccc(C(=O)N4CCN(C(=O)C5(N)CC5)CC4)c(F)c3)cc21. The van der Waals surface area contributed by atoms with Gasteiger partial charge in [0.1, 0.15) is 5.82 Å². The molecule has 1 saturated carbocycles. The van der Waals surface area contributed by atoms with Crippen LogP contribution in [0.15, 0.2) is 42.6 Å². The molecule has 8 heteroatoms. The monoisotopic (exact) mass is 421 g/mol. The minimum atomic E-state index is -0.702. The average molecular weight is 421 g/mol. The van der Waals surface area contributed by atoms with Gasteiger partial charge in [0.25, 0.3) is 5.91 Å².